The molecule has 13 nitrogen and oxygen atoms in total. The number of hydrogen-bond acceptors (Lipinski definition) is 10. The smallest absolute Gasteiger partial charge is 0.291 e. The van der Waals surface area contributed by atoms with Crippen molar-refractivity contribution in [3.05, 3.63) is 152 Å². The van der Waals surface area contributed by atoms with Gasteiger partial charge in [0.1, 0.15) is 5.82 Å². The van der Waals surface area contributed by atoms with Gasteiger partial charge in [0, 0.05) is 22.7 Å². The Morgan fingerprint density at radius 2 is 1.20 bits per heavy atom. The molecule has 5 aromatic carbocycles. The first-order valence-electron chi connectivity index (χ1n) is 17.2. The molecule has 0 spiro atoms. The van der Waals surface area contributed by atoms with E-state index in [2.05, 4.69) is 16.0 Å². The summed E-state index contributed by atoms with van der Waals surface area (Å²) in [5.41, 5.74) is 33.0. The highest BCUT2D eigenvalue weighted by atomic mass is 35.5. The Labute approximate surface area is 360 Å². The van der Waals surface area contributed by atoms with Gasteiger partial charge in [0.15, 0.2) is 5.76 Å². The largest absolute Gasteiger partial charge is 0.459 e. The number of hydrogen-bond donors (Lipinski definition) is 8. The standard InChI is InChI=1S/C13H10ClFN2O.C11H9ClN2O2.C10H14ClN3O.C7H9ClN2/c14-10-7-8(5-6-12(10)16)17-13(18)9-3-1-2-4-11(9)15;12-8-6-7(3-4-9(8)13)14-11(15)10-2-1-5-16-10;1-14(2)6-10(15)13-9-4-3-7(12)5-8(9)11;1-4-2-7(10)5(8)3-6(4)9/h1-7H,16H2,(H,17,18);1-6H,13H2,(H,14,15);3-5H,6,12H2,1-2H3,(H,13,15);2-3H,9-10H2,1H3. The summed E-state index contributed by atoms with van der Waals surface area (Å²) in [4.78, 5) is 36.6. The van der Waals surface area contributed by atoms with E-state index < -0.39 is 11.7 Å². The predicted octanol–water partition coefficient (Wildman–Crippen LogP) is 9.32. The van der Waals surface area contributed by atoms with Crippen molar-refractivity contribution in [1.82, 2.24) is 4.90 Å². The molecule has 6 rings (SSSR count). The molecule has 59 heavy (non-hydrogen) atoms. The molecule has 3 amide bonds. The SMILES string of the molecule is CN(C)CC(=O)Nc1ccc(N)cc1Cl.Cc1cc(N)c(Cl)cc1N.Nc1ccc(NC(=O)c2ccccc2F)cc1Cl.Nc1ccc(NC(=O)c2ccco2)cc1Cl. The summed E-state index contributed by atoms with van der Waals surface area (Å²) in [7, 11) is 3.65. The van der Waals surface area contributed by atoms with Crippen LogP contribution in [0.5, 0.6) is 0 Å². The summed E-state index contributed by atoms with van der Waals surface area (Å²) in [5.74, 6) is -1.30. The Morgan fingerprint density at radius 3 is 1.71 bits per heavy atom. The molecule has 0 saturated heterocycles. The Bertz CT molecular complexity index is 2330. The van der Waals surface area contributed by atoms with Crippen molar-refractivity contribution in [3.63, 3.8) is 0 Å². The van der Waals surface area contributed by atoms with Gasteiger partial charge in [0.25, 0.3) is 11.8 Å². The van der Waals surface area contributed by atoms with Gasteiger partial charge in [-0.1, -0.05) is 58.5 Å². The highest BCUT2D eigenvalue weighted by Gasteiger charge is 2.12. The predicted molar refractivity (Wildman–Crippen MR) is 241 cm³/mol. The summed E-state index contributed by atoms with van der Waals surface area (Å²) < 4.78 is 18.3. The van der Waals surface area contributed by atoms with Crippen molar-refractivity contribution in [2.24, 2.45) is 0 Å². The lowest BCUT2D eigenvalue weighted by Gasteiger charge is -2.11. The van der Waals surface area contributed by atoms with Gasteiger partial charge in [-0.3, -0.25) is 14.4 Å². The van der Waals surface area contributed by atoms with Crippen molar-refractivity contribution in [3.8, 4) is 0 Å². The van der Waals surface area contributed by atoms with E-state index in [1.54, 1.807) is 83.8 Å². The van der Waals surface area contributed by atoms with E-state index in [1.165, 1.54) is 30.5 Å². The van der Waals surface area contributed by atoms with E-state index >= 15 is 0 Å². The summed E-state index contributed by atoms with van der Waals surface area (Å²) in [6, 6.07) is 26.9. The first kappa shape index (κ1) is 47.2. The van der Waals surface area contributed by atoms with E-state index in [4.69, 9.17) is 79.5 Å². The third-order valence-electron chi connectivity index (χ3n) is 7.49. The van der Waals surface area contributed by atoms with Crippen LogP contribution in [0.15, 0.2) is 114 Å². The van der Waals surface area contributed by atoms with Crippen LogP contribution in [0, 0.1) is 12.7 Å². The van der Waals surface area contributed by atoms with Crippen LogP contribution in [0.1, 0.15) is 26.5 Å². The Balaban J connectivity index is 0.000000214. The normalized spacial score (nSPS) is 10.1. The molecule has 310 valence electrons. The van der Waals surface area contributed by atoms with Crippen molar-refractivity contribution < 1.29 is 23.2 Å². The first-order chi connectivity index (χ1) is 27.8. The van der Waals surface area contributed by atoms with Crippen LogP contribution in [0.25, 0.3) is 0 Å². The molecule has 0 aliphatic rings. The number of nitrogens with two attached hydrogens (primary N) is 5. The second-order valence-corrected chi connectivity index (χ2v) is 14.2. The quantitative estimate of drug-likeness (QED) is 0.0708. The second-order valence-electron chi connectivity index (χ2n) is 12.6. The van der Waals surface area contributed by atoms with Crippen LogP contribution >= 0.6 is 46.4 Å². The number of nitrogens with zero attached hydrogens (tertiary/aromatic N) is 1. The first-order valence-corrected chi connectivity index (χ1v) is 18.7. The fourth-order valence-electron chi connectivity index (χ4n) is 4.48. The maximum absolute atomic E-state index is 13.4. The van der Waals surface area contributed by atoms with E-state index in [1.807, 2.05) is 21.0 Å². The van der Waals surface area contributed by atoms with Gasteiger partial charge >= 0.3 is 0 Å². The minimum atomic E-state index is -0.573. The van der Waals surface area contributed by atoms with Crippen LogP contribution < -0.4 is 44.6 Å². The summed E-state index contributed by atoms with van der Waals surface area (Å²) in [6.45, 7) is 2.21. The van der Waals surface area contributed by atoms with E-state index in [9.17, 15) is 18.8 Å². The zero-order valence-electron chi connectivity index (χ0n) is 32.0. The number of likely N-dealkylation sites (N-methyl/N-ethyl adjacent to an activating group) is 1. The van der Waals surface area contributed by atoms with Gasteiger partial charge in [-0.15, -0.1) is 0 Å². The second kappa shape index (κ2) is 22.7. The monoisotopic (exact) mass is 883 g/mol. The lowest BCUT2D eigenvalue weighted by Crippen LogP contribution is -2.27. The Hall–Kier alpha value is -6.16. The molecule has 0 atom stereocenters. The molecule has 0 aliphatic carbocycles. The third kappa shape index (κ3) is 15.6. The molecule has 18 heteroatoms. The third-order valence-corrected chi connectivity index (χ3v) is 8.79. The number of nitrogens with one attached hydrogen (secondary N) is 3. The number of carbonyl (C=O) groups excluding carboxylic acids is 3. The van der Waals surface area contributed by atoms with Crippen molar-refractivity contribution >= 4 is 110 Å². The molecule has 0 saturated carbocycles. The number of aryl methyl sites for hydroxylation is 1. The maximum atomic E-state index is 13.4. The number of anilines is 8. The van der Waals surface area contributed by atoms with E-state index in [0.717, 1.165) is 5.56 Å². The lowest BCUT2D eigenvalue weighted by atomic mass is 10.2. The van der Waals surface area contributed by atoms with Crippen LogP contribution in [0.4, 0.5) is 49.9 Å². The zero-order valence-corrected chi connectivity index (χ0v) is 35.0. The molecular weight excluding hydrogens is 843 g/mol. The summed E-state index contributed by atoms with van der Waals surface area (Å²) in [6.07, 6.45) is 1.44. The Morgan fingerprint density at radius 1 is 0.627 bits per heavy atom. The number of rotatable bonds is 7. The molecule has 0 bridgehead atoms. The zero-order chi connectivity index (χ0) is 43.8. The molecule has 6 aromatic rings. The van der Waals surface area contributed by atoms with Gasteiger partial charge in [0.2, 0.25) is 5.91 Å². The number of amides is 3. The molecule has 1 aromatic heterocycles. The molecule has 1 heterocycles. The summed E-state index contributed by atoms with van der Waals surface area (Å²) >= 11 is 23.2. The number of halogens is 5. The summed E-state index contributed by atoms with van der Waals surface area (Å²) in [5, 5.41) is 9.59. The van der Waals surface area contributed by atoms with Crippen LogP contribution in [-0.4, -0.2) is 43.3 Å². The number of carbonyl (C=O) groups is 3. The van der Waals surface area contributed by atoms with Crippen LogP contribution in [-0.2, 0) is 4.79 Å². The number of furan rings is 1. The number of nitrogen functional groups attached to an aromatic ring is 5. The molecule has 13 N–H and O–H groups in total. The average Bonchev–Trinajstić information content (AvgIpc) is 3.72. The van der Waals surface area contributed by atoms with Gasteiger partial charge in [0.05, 0.1) is 61.2 Å². The number of benzene rings is 5. The van der Waals surface area contributed by atoms with Crippen molar-refractivity contribution in [2.75, 3.05) is 65.3 Å². The van der Waals surface area contributed by atoms with Gasteiger partial charge in [-0.2, -0.15) is 0 Å². The molecule has 0 aliphatic heterocycles. The van der Waals surface area contributed by atoms with Gasteiger partial charge in [-0.05, 0) is 118 Å². The molecule has 0 fully saturated rings. The van der Waals surface area contributed by atoms with Crippen molar-refractivity contribution in [2.45, 2.75) is 6.92 Å². The fraction of sp³-hybridized carbons (Fsp3) is 0.0976. The molecule has 0 radical (unpaired) electrons. The maximum Gasteiger partial charge on any atom is 0.291 e. The average molecular weight is 886 g/mol. The van der Waals surface area contributed by atoms with E-state index in [0.29, 0.717) is 72.1 Å². The fourth-order valence-corrected chi connectivity index (χ4v) is 5.25. The van der Waals surface area contributed by atoms with Gasteiger partial charge < -0.3 is 53.9 Å². The molecule has 0 unspecified atom stereocenters. The van der Waals surface area contributed by atoms with E-state index in [-0.39, 0.29) is 23.1 Å². The van der Waals surface area contributed by atoms with Crippen molar-refractivity contribution in [1.29, 1.82) is 0 Å². The van der Waals surface area contributed by atoms with Crippen LogP contribution in [0.2, 0.25) is 20.1 Å². The Kier molecular flexibility index (Phi) is 18.2. The van der Waals surface area contributed by atoms with Gasteiger partial charge in [-0.25, -0.2) is 4.39 Å². The van der Waals surface area contributed by atoms with Crippen LogP contribution in [0.3, 0.4) is 0 Å². The highest BCUT2D eigenvalue weighted by molar-refractivity contribution is 6.34. The topological polar surface area (TPSA) is 234 Å². The lowest BCUT2D eigenvalue weighted by molar-refractivity contribution is -0.116. The highest BCUT2D eigenvalue weighted by Crippen LogP contribution is 2.26. The minimum Gasteiger partial charge on any atom is -0.459 e. The minimum absolute atomic E-state index is 0.0227. The molecular formula is C41H42Cl4FN9O4.